The van der Waals surface area contributed by atoms with E-state index in [2.05, 4.69) is 0 Å². The number of hydrogen-bond donors (Lipinski definition) is 2. The van der Waals surface area contributed by atoms with Crippen molar-refractivity contribution in [2.45, 2.75) is 38.9 Å². The van der Waals surface area contributed by atoms with Gasteiger partial charge in [0.15, 0.2) is 0 Å². The van der Waals surface area contributed by atoms with Crippen molar-refractivity contribution in [3.8, 4) is 5.75 Å². The Morgan fingerprint density at radius 3 is 2.33 bits per heavy atom. The van der Waals surface area contributed by atoms with Crippen molar-refractivity contribution in [3.63, 3.8) is 0 Å². The van der Waals surface area contributed by atoms with E-state index >= 15 is 0 Å². The summed E-state index contributed by atoms with van der Waals surface area (Å²) in [7, 11) is 0. The summed E-state index contributed by atoms with van der Waals surface area (Å²) in [5.74, 6) is 0.379. The van der Waals surface area contributed by atoms with Gasteiger partial charge in [-0.1, -0.05) is 37.0 Å². The Hall–Kier alpha value is -0.480. The Morgan fingerprint density at radius 1 is 1.22 bits per heavy atom. The molecule has 0 spiro atoms. The lowest BCUT2D eigenvalue weighted by molar-refractivity contribution is -0.0118. The van der Waals surface area contributed by atoms with E-state index in [0.29, 0.717) is 34.2 Å². The number of halogens is 2. The van der Waals surface area contributed by atoms with Crippen molar-refractivity contribution in [2.75, 3.05) is 6.61 Å². The van der Waals surface area contributed by atoms with Crippen LogP contribution in [0.2, 0.25) is 10.0 Å². The van der Waals surface area contributed by atoms with Crippen molar-refractivity contribution in [1.29, 1.82) is 0 Å². The number of benzene rings is 1. The lowest BCUT2D eigenvalue weighted by Crippen LogP contribution is -2.34. The predicted octanol–water partition coefficient (Wildman–Crippen LogP) is 3.42. The molecule has 102 valence electrons. The van der Waals surface area contributed by atoms with Gasteiger partial charge in [0, 0.05) is 10.6 Å². The maximum Gasteiger partial charge on any atom is 0.143 e. The molecule has 0 aromatic heterocycles. The Labute approximate surface area is 117 Å². The lowest BCUT2D eigenvalue weighted by atomic mass is 9.99. The highest BCUT2D eigenvalue weighted by atomic mass is 35.5. The molecule has 0 atom stereocenters. The van der Waals surface area contributed by atoms with E-state index in [1.807, 2.05) is 13.8 Å². The van der Waals surface area contributed by atoms with Crippen molar-refractivity contribution < 1.29 is 14.9 Å². The van der Waals surface area contributed by atoms with Crippen LogP contribution >= 0.6 is 23.2 Å². The standard InChI is InChI=1S/C13H18Cl2O3/c1-3-13(17,4-2)8-18-12-9(7-16)5-10(14)6-11(12)15/h5-6,16-17H,3-4,7-8H2,1-2H3. The third-order valence-electron chi connectivity index (χ3n) is 3.06. The molecule has 0 unspecified atom stereocenters. The molecule has 1 rings (SSSR count). The quantitative estimate of drug-likeness (QED) is 0.845. The molecule has 1 aromatic carbocycles. The summed E-state index contributed by atoms with van der Waals surface area (Å²) in [5.41, 5.74) is -0.363. The molecule has 0 aliphatic rings. The average Bonchev–Trinajstić information content (AvgIpc) is 2.36. The largest absolute Gasteiger partial charge is 0.489 e. The molecule has 0 aliphatic heterocycles. The maximum atomic E-state index is 10.1. The molecule has 0 fully saturated rings. The monoisotopic (exact) mass is 292 g/mol. The lowest BCUT2D eigenvalue weighted by Gasteiger charge is -2.26. The van der Waals surface area contributed by atoms with Crippen LogP contribution in [0.3, 0.4) is 0 Å². The van der Waals surface area contributed by atoms with E-state index in [4.69, 9.17) is 27.9 Å². The van der Waals surface area contributed by atoms with E-state index in [1.54, 1.807) is 12.1 Å². The van der Waals surface area contributed by atoms with Crippen LogP contribution in [0.1, 0.15) is 32.3 Å². The van der Waals surface area contributed by atoms with Crippen LogP contribution in [0, 0.1) is 0 Å². The SMILES string of the molecule is CCC(O)(CC)COc1c(Cl)cc(Cl)cc1CO. The molecular formula is C13H18Cl2O3. The normalized spacial score (nSPS) is 11.7. The molecule has 0 aliphatic carbocycles. The minimum absolute atomic E-state index is 0.133. The van der Waals surface area contributed by atoms with E-state index in [9.17, 15) is 10.2 Å². The van der Waals surface area contributed by atoms with Gasteiger partial charge >= 0.3 is 0 Å². The molecule has 2 N–H and O–H groups in total. The molecule has 5 heteroatoms. The first-order valence-corrected chi connectivity index (χ1v) is 6.65. The van der Waals surface area contributed by atoms with Gasteiger partial charge in [-0.05, 0) is 25.0 Å². The predicted molar refractivity (Wildman–Crippen MR) is 73.4 cm³/mol. The molecule has 0 amide bonds. The number of aliphatic hydroxyl groups is 2. The number of ether oxygens (including phenoxy) is 1. The zero-order chi connectivity index (χ0) is 13.8. The minimum Gasteiger partial charge on any atom is -0.489 e. The van der Waals surface area contributed by atoms with Crippen molar-refractivity contribution in [3.05, 3.63) is 27.7 Å². The van der Waals surface area contributed by atoms with E-state index in [0.717, 1.165) is 0 Å². The zero-order valence-electron chi connectivity index (χ0n) is 10.5. The Bertz CT molecular complexity index is 403. The van der Waals surface area contributed by atoms with Crippen LogP contribution in [0.4, 0.5) is 0 Å². The highest BCUT2D eigenvalue weighted by molar-refractivity contribution is 6.35. The fraction of sp³-hybridized carbons (Fsp3) is 0.538. The first kappa shape index (κ1) is 15.6. The first-order valence-electron chi connectivity index (χ1n) is 5.89. The van der Waals surface area contributed by atoms with Gasteiger partial charge in [-0.25, -0.2) is 0 Å². The highest BCUT2D eigenvalue weighted by Crippen LogP contribution is 2.33. The third-order valence-corrected chi connectivity index (χ3v) is 3.56. The maximum absolute atomic E-state index is 10.1. The van der Waals surface area contributed by atoms with E-state index in [1.165, 1.54) is 0 Å². The molecule has 18 heavy (non-hydrogen) atoms. The fourth-order valence-corrected chi connectivity index (χ4v) is 2.14. The van der Waals surface area contributed by atoms with Gasteiger partial charge in [0.25, 0.3) is 0 Å². The van der Waals surface area contributed by atoms with Gasteiger partial charge < -0.3 is 14.9 Å². The van der Waals surface area contributed by atoms with Gasteiger partial charge in [-0.15, -0.1) is 0 Å². The molecule has 0 radical (unpaired) electrons. The first-order chi connectivity index (χ1) is 8.45. The van der Waals surface area contributed by atoms with Gasteiger partial charge in [0.1, 0.15) is 12.4 Å². The zero-order valence-corrected chi connectivity index (χ0v) is 12.1. The summed E-state index contributed by atoms with van der Waals surface area (Å²) < 4.78 is 5.56. The number of rotatable bonds is 6. The van der Waals surface area contributed by atoms with Crippen LogP contribution in [0.5, 0.6) is 5.75 Å². The minimum atomic E-state index is -0.879. The van der Waals surface area contributed by atoms with Crippen molar-refractivity contribution >= 4 is 23.2 Å². The van der Waals surface area contributed by atoms with Gasteiger partial charge in [-0.2, -0.15) is 0 Å². The second-order valence-corrected chi connectivity index (χ2v) is 5.10. The number of hydrogen-bond acceptors (Lipinski definition) is 3. The van der Waals surface area contributed by atoms with Crippen LogP contribution in [0.25, 0.3) is 0 Å². The second-order valence-electron chi connectivity index (χ2n) is 4.25. The molecule has 0 saturated heterocycles. The van der Waals surface area contributed by atoms with Crippen molar-refractivity contribution in [2.24, 2.45) is 0 Å². The second kappa shape index (κ2) is 6.62. The Balaban J connectivity index is 2.91. The van der Waals surface area contributed by atoms with Gasteiger partial charge in [-0.3, -0.25) is 0 Å². The van der Waals surface area contributed by atoms with Crippen LogP contribution in [-0.2, 0) is 6.61 Å². The molecule has 0 heterocycles. The summed E-state index contributed by atoms with van der Waals surface area (Å²) in [5, 5.41) is 20.2. The van der Waals surface area contributed by atoms with Crippen LogP contribution < -0.4 is 4.74 Å². The van der Waals surface area contributed by atoms with Gasteiger partial charge in [0.2, 0.25) is 0 Å². The van der Waals surface area contributed by atoms with Gasteiger partial charge in [0.05, 0.1) is 17.2 Å². The summed E-state index contributed by atoms with van der Waals surface area (Å²) in [6.45, 7) is 3.70. The Kier molecular flexibility index (Phi) is 5.73. The highest BCUT2D eigenvalue weighted by Gasteiger charge is 2.24. The molecule has 0 bridgehead atoms. The topological polar surface area (TPSA) is 49.7 Å². The third kappa shape index (κ3) is 3.75. The van der Waals surface area contributed by atoms with E-state index in [-0.39, 0.29) is 13.2 Å². The number of aliphatic hydroxyl groups excluding tert-OH is 1. The molecule has 0 saturated carbocycles. The molecular weight excluding hydrogens is 275 g/mol. The summed E-state index contributed by atoms with van der Waals surface area (Å²) in [4.78, 5) is 0. The Morgan fingerprint density at radius 2 is 1.83 bits per heavy atom. The summed E-state index contributed by atoms with van der Waals surface area (Å²) in [6, 6.07) is 3.15. The van der Waals surface area contributed by atoms with Crippen LogP contribution in [-0.4, -0.2) is 22.4 Å². The van der Waals surface area contributed by atoms with Crippen molar-refractivity contribution in [1.82, 2.24) is 0 Å². The van der Waals surface area contributed by atoms with Crippen LogP contribution in [0.15, 0.2) is 12.1 Å². The van der Waals surface area contributed by atoms with E-state index < -0.39 is 5.60 Å². The fourth-order valence-electron chi connectivity index (χ4n) is 1.55. The molecule has 3 nitrogen and oxygen atoms in total. The average molecular weight is 293 g/mol. The summed E-state index contributed by atoms with van der Waals surface area (Å²) >= 11 is 11.9. The molecule has 1 aromatic rings. The summed E-state index contributed by atoms with van der Waals surface area (Å²) in [6.07, 6.45) is 1.17. The smallest absolute Gasteiger partial charge is 0.143 e.